The van der Waals surface area contributed by atoms with E-state index in [0.29, 0.717) is 0 Å². The van der Waals surface area contributed by atoms with Crippen LogP contribution in [0.4, 0.5) is 5.69 Å². The van der Waals surface area contributed by atoms with Gasteiger partial charge in [0.1, 0.15) is 0 Å². The van der Waals surface area contributed by atoms with Gasteiger partial charge in [-0.3, -0.25) is 4.21 Å². The van der Waals surface area contributed by atoms with Gasteiger partial charge >= 0.3 is 0 Å². The number of nitrogens with one attached hydrogen (secondary N) is 1. The second-order valence-corrected chi connectivity index (χ2v) is 8.16. The van der Waals surface area contributed by atoms with Crippen LogP contribution in [0.1, 0.15) is 0 Å². The summed E-state index contributed by atoms with van der Waals surface area (Å²) in [6, 6.07) is 18.1. The van der Waals surface area contributed by atoms with E-state index in [4.69, 9.17) is 11.6 Å². The van der Waals surface area contributed by atoms with Gasteiger partial charge in [-0.1, -0.05) is 35.9 Å². The Bertz CT molecular complexity index is 838. The molecule has 2 nitrogen and oxygen atoms in total. The quantitative estimate of drug-likeness (QED) is 0.663. The third kappa shape index (κ3) is 3.50. The van der Waals surface area contributed by atoms with Crippen LogP contribution in [0.15, 0.2) is 59.5 Å². The number of halogens is 1. The van der Waals surface area contributed by atoms with Gasteiger partial charge in [-0.05, 0) is 41.5 Å². The van der Waals surface area contributed by atoms with Crippen molar-refractivity contribution in [2.75, 3.05) is 18.6 Å². The molecule has 3 rings (SSSR count). The minimum atomic E-state index is -0.964. The van der Waals surface area contributed by atoms with Gasteiger partial charge in [0.2, 0.25) is 0 Å². The molecule has 1 aromatic heterocycles. The molecule has 0 saturated heterocycles. The first-order valence-electron chi connectivity index (χ1n) is 7.10. The Labute approximate surface area is 147 Å². The second kappa shape index (κ2) is 6.87. The molecule has 0 fully saturated rings. The predicted molar refractivity (Wildman–Crippen MR) is 102 cm³/mol. The van der Waals surface area contributed by atoms with Crippen LogP contribution in [0, 0.1) is 0 Å². The lowest BCUT2D eigenvalue weighted by Gasteiger charge is -2.06. The van der Waals surface area contributed by atoms with Gasteiger partial charge in [-0.15, -0.1) is 11.3 Å². The van der Waals surface area contributed by atoms with Gasteiger partial charge in [0.15, 0.2) is 0 Å². The highest BCUT2D eigenvalue weighted by Crippen LogP contribution is 2.41. The third-order valence-corrected chi connectivity index (χ3v) is 5.88. The summed E-state index contributed by atoms with van der Waals surface area (Å²) in [6.45, 7) is 0. The zero-order valence-corrected chi connectivity index (χ0v) is 15.2. The Morgan fingerprint density at radius 2 is 1.61 bits per heavy atom. The summed E-state index contributed by atoms with van der Waals surface area (Å²) < 4.78 is 12.3. The van der Waals surface area contributed by atoms with Crippen LogP contribution in [0.2, 0.25) is 4.34 Å². The van der Waals surface area contributed by atoms with Gasteiger partial charge in [0, 0.05) is 45.1 Å². The molecule has 23 heavy (non-hydrogen) atoms. The van der Waals surface area contributed by atoms with Gasteiger partial charge in [-0.25, -0.2) is 0 Å². The summed E-state index contributed by atoms with van der Waals surface area (Å²) >= 11 is 7.83. The molecule has 0 saturated carbocycles. The molecule has 3 aromatic rings. The minimum absolute atomic E-state index is 0.760. The van der Waals surface area contributed by atoms with E-state index in [0.717, 1.165) is 36.5 Å². The molecule has 0 amide bonds. The molecule has 0 aliphatic carbocycles. The Balaban J connectivity index is 2.04. The summed E-state index contributed by atoms with van der Waals surface area (Å²) in [5.74, 6) is 0. The van der Waals surface area contributed by atoms with Crippen molar-refractivity contribution >= 4 is 39.4 Å². The van der Waals surface area contributed by atoms with Crippen molar-refractivity contribution in [1.29, 1.82) is 0 Å². The summed E-state index contributed by atoms with van der Waals surface area (Å²) in [4.78, 5) is 1.97. The Kier molecular flexibility index (Phi) is 4.85. The second-order valence-electron chi connectivity index (χ2n) is 5.10. The van der Waals surface area contributed by atoms with Crippen molar-refractivity contribution in [3.05, 3.63) is 58.9 Å². The van der Waals surface area contributed by atoms with E-state index >= 15 is 0 Å². The molecule has 118 valence electrons. The Morgan fingerprint density at radius 1 is 1.00 bits per heavy atom. The SMILES string of the molecule is CNc1ccc(-c2sc(Cl)cc2-c2ccc(S(C)=O)cc2)cc1. The van der Waals surface area contributed by atoms with Gasteiger partial charge in [0.05, 0.1) is 4.34 Å². The van der Waals surface area contributed by atoms with E-state index in [9.17, 15) is 4.21 Å². The third-order valence-electron chi connectivity index (χ3n) is 3.64. The fourth-order valence-corrected chi connectivity index (χ4v) is 4.18. The first kappa shape index (κ1) is 16.2. The zero-order valence-electron chi connectivity index (χ0n) is 12.8. The molecule has 0 bridgehead atoms. The van der Waals surface area contributed by atoms with Crippen molar-refractivity contribution in [2.45, 2.75) is 4.90 Å². The van der Waals surface area contributed by atoms with Crippen LogP contribution in [0.5, 0.6) is 0 Å². The molecule has 1 N–H and O–H groups in total. The molecular weight excluding hydrogens is 346 g/mol. The molecule has 0 aliphatic rings. The van der Waals surface area contributed by atoms with E-state index in [-0.39, 0.29) is 0 Å². The minimum Gasteiger partial charge on any atom is -0.388 e. The number of rotatable bonds is 4. The number of thiophene rings is 1. The average molecular weight is 362 g/mol. The number of hydrogen-bond donors (Lipinski definition) is 1. The van der Waals surface area contributed by atoms with E-state index in [2.05, 4.69) is 29.6 Å². The van der Waals surface area contributed by atoms with E-state index in [1.54, 1.807) is 17.6 Å². The molecule has 5 heteroatoms. The smallest absolute Gasteiger partial charge is 0.0941 e. The maximum Gasteiger partial charge on any atom is 0.0941 e. The first-order valence-corrected chi connectivity index (χ1v) is 9.85. The molecule has 0 aliphatic heterocycles. The average Bonchev–Trinajstić information content (AvgIpc) is 2.97. The number of hydrogen-bond acceptors (Lipinski definition) is 3. The predicted octanol–water partition coefficient (Wildman–Crippen LogP) is 5.51. The van der Waals surface area contributed by atoms with Crippen LogP contribution < -0.4 is 5.32 Å². The maximum absolute atomic E-state index is 11.5. The Hall–Kier alpha value is -1.62. The lowest BCUT2D eigenvalue weighted by atomic mass is 10.0. The fourth-order valence-electron chi connectivity index (χ4n) is 2.40. The van der Waals surface area contributed by atoms with Crippen molar-refractivity contribution in [3.8, 4) is 21.6 Å². The van der Waals surface area contributed by atoms with Crippen LogP contribution in [0.3, 0.4) is 0 Å². The number of anilines is 1. The highest BCUT2D eigenvalue weighted by Gasteiger charge is 2.12. The molecule has 1 unspecified atom stereocenters. The Morgan fingerprint density at radius 3 is 2.17 bits per heavy atom. The molecule has 0 spiro atoms. The molecule has 1 atom stereocenters. The molecule has 2 aromatic carbocycles. The van der Waals surface area contributed by atoms with Gasteiger partial charge in [-0.2, -0.15) is 0 Å². The van der Waals surface area contributed by atoms with Crippen molar-refractivity contribution in [2.24, 2.45) is 0 Å². The lowest BCUT2D eigenvalue weighted by molar-refractivity contribution is 0.687. The highest BCUT2D eigenvalue weighted by molar-refractivity contribution is 7.84. The summed E-state index contributed by atoms with van der Waals surface area (Å²) in [5.41, 5.74) is 4.40. The lowest BCUT2D eigenvalue weighted by Crippen LogP contribution is -1.88. The van der Waals surface area contributed by atoms with Gasteiger partial charge < -0.3 is 5.32 Å². The van der Waals surface area contributed by atoms with Crippen LogP contribution >= 0.6 is 22.9 Å². The molecular formula is C18H16ClNOS2. The fraction of sp³-hybridized carbons (Fsp3) is 0.111. The van der Waals surface area contributed by atoms with E-state index in [1.807, 2.05) is 37.4 Å². The van der Waals surface area contributed by atoms with Crippen molar-refractivity contribution < 1.29 is 4.21 Å². The monoisotopic (exact) mass is 361 g/mol. The summed E-state index contributed by atoms with van der Waals surface area (Å²) in [6.07, 6.45) is 1.69. The zero-order chi connectivity index (χ0) is 16.4. The van der Waals surface area contributed by atoms with E-state index < -0.39 is 10.8 Å². The molecule has 1 heterocycles. The number of benzene rings is 2. The van der Waals surface area contributed by atoms with Crippen molar-refractivity contribution in [3.63, 3.8) is 0 Å². The van der Waals surface area contributed by atoms with Crippen LogP contribution in [-0.4, -0.2) is 17.5 Å². The largest absolute Gasteiger partial charge is 0.388 e. The standard InChI is InChI=1S/C18H16ClNOS2/c1-20-14-7-3-13(4-8-14)18-16(11-17(19)22-18)12-5-9-15(10-6-12)23(2)21/h3-11,20H,1-2H3. The maximum atomic E-state index is 11.5. The van der Waals surface area contributed by atoms with Crippen LogP contribution in [-0.2, 0) is 10.8 Å². The normalized spacial score (nSPS) is 12.1. The van der Waals surface area contributed by atoms with Gasteiger partial charge in [0.25, 0.3) is 0 Å². The van der Waals surface area contributed by atoms with Crippen molar-refractivity contribution in [1.82, 2.24) is 0 Å². The summed E-state index contributed by atoms with van der Waals surface area (Å²) in [5, 5.41) is 3.12. The molecule has 0 radical (unpaired) electrons. The van der Waals surface area contributed by atoms with Crippen LogP contribution in [0.25, 0.3) is 21.6 Å². The topological polar surface area (TPSA) is 29.1 Å². The first-order chi connectivity index (χ1) is 11.1. The highest BCUT2D eigenvalue weighted by atomic mass is 35.5. The summed E-state index contributed by atoms with van der Waals surface area (Å²) in [7, 11) is 0.941. The van der Waals surface area contributed by atoms with E-state index in [1.165, 1.54) is 0 Å².